The maximum Gasteiger partial charge on any atom is 0.325 e. The first-order valence-electron chi connectivity index (χ1n) is 4.41. The number of aromatic amines is 1. The molecule has 0 aliphatic carbocycles. The Morgan fingerprint density at radius 3 is 2.87 bits per heavy atom. The van der Waals surface area contributed by atoms with Crippen LogP contribution < -0.4 is 5.32 Å². The highest BCUT2D eigenvalue weighted by atomic mass is 79.9. The molecule has 0 radical (unpaired) electrons. The van der Waals surface area contributed by atoms with Gasteiger partial charge in [0.2, 0.25) is 0 Å². The summed E-state index contributed by atoms with van der Waals surface area (Å²) in [6.45, 7) is 1.90. The van der Waals surface area contributed by atoms with Crippen LogP contribution >= 0.6 is 15.9 Å². The first-order valence-corrected chi connectivity index (χ1v) is 5.20. The SMILES string of the molecule is CCOC(=O)CNC(=O)c1cc(Br)c[nH]1. The van der Waals surface area contributed by atoms with Crippen LogP contribution in [0.4, 0.5) is 0 Å². The number of halogens is 1. The molecular formula is C9H11BrN2O3. The number of nitrogens with one attached hydrogen (secondary N) is 2. The van der Waals surface area contributed by atoms with Crippen LogP contribution in [0.2, 0.25) is 0 Å². The summed E-state index contributed by atoms with van der Waals surface area (Å²) < 4.78 is 5.44. The topological polar surface area (TPSA) is 71.2 Å². The molecule has 82 valence electrons. The molecule has 0 bridgehead atoms. The van der Waals surface area contributed by atoms with E-state index >= 15 is 0 Å². The van der Waals surface area contributed by atoms with Gasteiger partial charge < -0.3 is 15.0 Å². The molecule has 6 heteroatoms. The molecule has 1 rings (SSSR count). The minimum absolute atomic E-state index is 0.122. The Balaban J connectivity index is 2.40. The fourth-order valence-electron chi connectivity index (χ4n) is 0.959. The third-order valence-electron chi connectivity index (χ3n) is 1.59. The molecule has 1 amide bonds. The summed E-state index contributed by atoms with van der Waals surface area (Å²) in [4.78, 5) is 25.1. The van der Waals surface area contributed by atoms with E-state index in [1.54, 1.807) is 19.2 Å². The zero-order valence-corrected chi connectivity index (χ0v) is 9.76. The molecule has 1 aromatic heterocycles. The molecule has 0 saturated carbocycles. The monoisotopic (exact) mass is 274 g/mol. The van der Waals surface area contributed by atoms with Crippen molar-refractivity contribution in [1.82, 2.24) is 10.3 Å². The van der Waals surface area contributed by atoms with E-state index in [2.05, 4.69) is 31.0 Å². The van der Waals surface area contributed by atoms with Gasteiger partial charge in [-0.2, -0.15) is 0 Å². The van der Waals surface area contributed by atoms with Gasteiger partial charge in [-0.25, -0.2) is 0 Å². The molecule has 5 nitrogen and oxygen atoms in total. The van der Waals surface area contributed by atoms with E-state index in [-0.39, 0.29) is 12.5 Å². The van der Waals surface area contributed by atoms with Crippen molar-refractivity contribution in [1.29, 1.82) is 0 Å². The molecule has 0 unspecified atom stereocenters. The molecule has 15 heavy (non-hydrogen) atoms. The molecule has 0 aliphatic heterocycles. The standard InChI is InChI=1S/C9H11BrN2O3/c1-2-15-8(13)5-12-9(14)7-3-6(10)4-11-7/h3-4,11H,2,5H2,1H3,(H,12,14). The van der Waals surface area contributed by atoms with Crippen LogP contribution in [0, 0.1) is 0 Å². The summed E-state index contributed by atoms with van der Waals surface area (Å²) in [6, 6.07) is 1.63. The first-order chi connectivity index (χ1) is 7.13. The number of carbonyl (C=O) groups excluding carboxylic acids is 2. The van der Waals surface area contributed by atoms with Gasteiger partial charge >= 0.3 is 5.97 Å². The van der Waals surface area contributed by atoms with Gasteiger partial charge in [0, 0.05) is 10.7 Å². The van der Waals surface area contributed by atoms with E-state index in [1.807, 2.05) is 0 Å². The number of amides is 1. The van der Waals surface area contributed by atoms with E-state index in [0.717, 1.165) is 4.47 Å². The van der Waals surface area contributed by atoms with Gasteiger partial charge in [0.25, 0.3) is 5.91 Å². The summed E-state index contributed by atoms with van der Waals surface area (Å²) in [5.41, 5.74) is 0.395. The number of hydrogen-bond acceptors (Lipinski definition) is 3. The molecule has 2 N–H and O–H groups in total. The number of esters is 1. The third-order valence-corrected chi connectivity index (χ3v) is 2.05. The van der Waals surface area contributed by atoms with E-state index < -0.39 is 5.97 Å². The van der Waals surface area contributed by atoms with Gasteiger partial charge in [0.15, 0.2) is 0 Å². The lowest BCUT2D eigenvalue weighted by Gasteiger charge is -2.02. The van der Waals surface area contributed by atoms with Crippen molar-refractivity contribution in [2.75, 3.05) is 13.2 Å². The number of hydrogen-bond donors (Lipinski definition) is 2. The van der Waals surface area contributed by atoms with Crippen LogP contribution in [0.25, 0.3) is 0 Å². The number of ether oxygens (including phenoxy) is 1. The second kappa shape index (κ2) is 5.55. The predicted molar refractivity (Wildman–Crippen MR) is 57.5 cm³/mol. The lowest BCUT2D eigenvalue weighted by Crippen LogP contribution is -2.30. The van der Waals surface area contributed by atoms with Gasteiger partial charge in [0.1, 0.15) is 12.2 Å². The van der Waals surface area contributed by atoms with Crippen molar-refractivity contribution >= 4 is 27.8 Å². The largest absolute Gasteiger partial charge is 0.465 e. The number of rotatable bonds is 4. The first kappa shape index (κ1) is 11.8. The Morgan fingerprint density at radius 2 is 2.33 bits per heavy atom. The fourth-order valence-corrected chi connectivity index (χ4v) is 1.30. The lowest BCUT2D eigenvalue weighted by molar-refractivity contribution is -0.141. The van der Waals surface area contributed by atoms with Crippen molar-refractivity contribution in [2.45, 2.75) is 6.92 Å². The molecule has 0 aromatic carbocycles. The van der Waals surface area contributed by atoms with E-state index in [1.165, 1.54) is 0 Å². The van der Waals surface area contributed by atoms with Gasteiger partial charge in [0.05, 0.1) is 6.61 Å². The Hall–Kier alpha value is -1.30. The van der Waals surface area contributed by atoms with Gasteiger partial charge in [-0.15, -0.1) is 0 Å². The lowest BCUT2D eigenvalue weighted by atomic mass is 10.4. The molecule has 0 saturated heterocycles. The Morgan fingerprint density at radius 1 is 1.60 bits per heavy atom. The molecular weight excluding hydrogens is 264 g/mol. The zero-order chi connectivity index (χ0) is 11.3. The summed E-state index contributed by atoms with van der Waals surface area (Å²) in [5.74, 6) is -0.787. The maximum absolute atomic E-state index is 11.4. The molecule has 1 aromatic rings. The molecule has 0 aliphatic rings. The van der Waals surface area contributed by atoms with Gasteiger partial charge in [-0.05, 0) is 28.9 Å². The van der Waals surface area contributed by atoms with Crippen molar-refractivity contribution in [2.24, 2.45) is 0 Å². The summed E-state index contributed by atoms with van der Waals surface area (Å²) in [6.07, 6.45) is 1.64. The average Bonchev–Trinajstić information content (AvgIpc) is 2.62. The predicted octanol–water partition coefficient (Wildman–Crippen LogP) is 1.07. The molecule has 0 spiro atoms. The van der Waals surface area contributed by atoms with E-state index in [9.17, 15) is 9.59 Å². The van der Waals surface area contributed by atoms with E-state index in [0.29, 0.717) is 12.3 Å². The molecule has 0 fully saturated rings. The van der Waals surface area contributed by atoms with Gasteiger partial charge in [-0.3, -0.25) is 9.59 Å². The summed E-state index contributed by atoms with van der Waals surface area (Å²) in [7, 11) is 0. The number of H-pyrrole nitrogens is 1. The minimum Gasteiger partial charge on any atom is -0.465 e. The zero-order valence-electron chi connectivity index (χ0n) is 8.17. The number of carbonyl (C=O) groups is 2. The van der Waals surface area contributed by atoms with Crippen LogP contribution in [0.3, 0.4) is 0 Å². The highest BCUT2D eigenvalue weighted by Crippen LogP contribution is 2.09. The van der Waals surface area contributed by atoms with Gasteiger partial charge in [-0.1, -0.05) is 0 Å². The molecule has 0 atom stereocenters. The van der Waals surface area contributed by atoms with Crippen LogP contribution in [-0.4, -0.2) is 30.0 Å². The highest BCUT2D eigenvalue weighted by molar-refractivity contribution is 9.10. The van der Waals surface area contributed by atoms with Crippen molar-refractivity contribution < 1.29 is 14.3 Å². The van der Waals surface area contributed by atoms with E-state index in [4.69, 9.17) is 0 Å². The number of aromatic nitrogens is 1. The summed E-state index contributed by atoms with van der Waals surface area (Å²) >= 11 is 3.20. The van der Waals surface area contributed by atoms with Crippen LogP contribution in [0.1, 0.15) is 17.4 Å². The Labute approximate surface area is 95.3 Å². The second-order valence-corrected chi connectivity index (χ2v) is 3.63. The average molecular weight is 275 g/mol. The van der Waals surface area contributed by atoms with Crippen LogP contribution in [-0.2, 0) is 9.53 Å². The third kappa shape index (κ3) is 3.75. The fraction of sp³-hybridized carbons (Fsp3) is 0.333. The van der Waals surface area contributed by atoms with Crippen molar-refractivity contribution in [3.8, 4) is 0 Å². The quantitative estimate of drug-likeness (QED) is 0.807. The second-order valence-electron chi connectivity index (χ2n) is 2.72. The molecule has 1 heterocycles. The normalized spacial score (nSPS) is 9.73. The van der Waals surface area contributed by atoms with Crippen LogP contribution in [0.15, 0.2) is 16.7 Å². The highest BCUT2D eigenvalue weighted by Gasteiger charge is 2.09. The Bertz CT molecular complexity index is 362. The van der Waals surface area contributed by atoms with Crippen molar-refractivity contribution in [3.63, 3.8) is 0 Å². The smallest absolute Gasteiger partial charge is 0.325 e. The minimum atomic E-state index is -0.448. The van der Waals surface area contributed by atoms with Crippen molar-refractivity contribution in [3.05, 3.63) is 22.4 Å². The maximum atomic E-state index is 11.4. The Kier molecular flexibility index (Phi) is 4.36. The summed E-state index contributed by atoms with van der Waals surface area (Å²) in [5, 5.41) is 2.43. The van der Waals surface area contributed by atoms with Crippen LogP contribution in [0.5, 0.6) is 0 Å².